The van der Waals surface area contributed by atoms with Gasteiger partial charge in [-0.1, -0.05) is 23.7 Å². The van der Waals surface area contributed by atoms with Gasteiger partial charge in [-0.25, -0.2) is 9.78 Å². The van der Waals surface area contributed by atoms with E-state index in [1.54, 1.807) is 11.3 Å². The minimum atomic E-state index is -0.377. The SMILES string of the molecule is CCOC(=O)c1cnc2ccc(-c3ccc(Cl)cc3)cn12. The lowest BCUT2D eigenvalue weighted by atomic mass is 10.1. The normalized spacial score (nSPS) is 10.8. The molecule has 0 radical (unpaired) electrons. The largest absolute Gasteiger partial charge is 0.461 e. The standard InChI is InChI=1S/C16H13ClN2O2/c1-2-21-16(20)14-9-18-15-8-5-12(10-19(14)15)11-3-6-13(17)7-4-11/h3-10H,2H2,1H3. The summed E-state index contributed by atoms with van der Waals surface area (Å²) in [6, 6.07) is 11.4. The number of pyridine rings is 1. The molecule has 2 aromatic heterocycles. The smallest absolute Gasteiger partial charge is 0.356 e. The maximum atomic E-state index is 11.9. The fraction of sp³-hybridized carbons (Fsp3) is 0.125. The molecule has 0 aliphatic heterocycles. The van der Waals surface area contributed by atoms with Gasteiger partial charge in [0.1, 0.15) is 5.65 Å². The summed E-state index contributed by atoms with van der Waals surface area (Å²) in [5.41, 5.74) is 3.12. The van der Waals surface area contributed by atoms with Gasteiger partial charge in [0.05, 0.1) is 12.8 Å². The maximum Gasteiger partial charge on any atom is 0.356 e. The Kier molecular flexibility index (Phi) is 3.62. The van der Waals surface area contributed by atoms with Crippen molar-refractivity contribution in [2.45, 2.75) is 6.92 Å². The van der Waals surface area contributed by atoms with E-state index in [9.17, 15) is 4.79 Å². The van der Waals surface area contributed by atoms with E-state index in [4.69, 9.17) is 16.3 Å². The maximum absolute atomic E-state index is 11.9. The van der Waals surface area contributed by atoms with Crippen molar-refractivity contribution in [2.75, 3.05) is 6.61 Å². The van der Waals surface area contributed by atoms with E-state index < -0.39 is 0 Å². The molecule has 0 unspecified atom stereocenters. The van der Waals surface area contributed by atoms with Crippen LogP contribution in [0.4, 0.5) is 0 Å². The molecule has 0 spiro atoms. The van der Waals surface area contributed by atoms with Gasteiger partial charge in [0, 0.05) is 11.2 Å². The Morgan fingerprint density at radius 2 is 1.90 bits per heavy atom. The summed E-state index contributed by atoms with van der Waals surface area (Å²) < 4.78 is 6.78. The molecule has 0 saturated carbocycles. The van der Waals surface area contributed by atoms with Gasteiger partial charge >= 0.3 is 5.97 Å². The van der Waals surface area contributed by atoms with Crippen molar-refractivity contribution in [3.05, 3.63) is 59.5 Å². The Morgan fingerprint density at radius 1 is 1.19 bits per heavy atom. The number of benzene rings is 1. The lowest BCUT2D eigenvalue weighted by Crippen LogP contribution is -2.07. The number of esters is 1. The highest BCUT2D eigenvalue weighted by Gasteiger charge is 2.13. The molecule has 0 atom stereocenters. The van der Waals surface area contributed by atoms with Crippen LogP contribution in [0.2, 0.25) is 5.02 Å². The van der Waals surface area contributed by atoms with Crippen LogP contribution in [0.3, 0.4) is 0 Å². The molecule has 1 aromatic carbocycles. The quantitative estimate of drug-likeness (QED) is 0.690. The van der Waals surface area contributed by atoms with Gasteiger partial charge in [-0.2, -0.15) is 0 Å². The summed E-state index contributed by atoms with van der Waals surface area (Å²) in [5, 5.41) is 0.690. The highest BCUT2D eigenvalue weighted by Crippen LogP contribution is 2.22. The zero-order valence-corrected chi connectivity index (χ0v) is 12.2. The lowest BCUT2D eigenvalue weighted by molar-refractivity contribution is 0.0518. The van der Waals surface area contributed by atoms with Crippen molar-refractivity contribution in [1.82, 2.24) is 9.38 Å². The highest BCUT2D eigenvalue weighted by atomic mass is 35.5. The Morgan fingerprint density at radius 3 is 2.62 bits per heavy atom. The zero-order valence-electron chi connectivity index (χ0n) is 11.4. The molecule has 0 fully saturated rings. The second-order valence-corrected chi connectivity index (χ2v) is 4.95. The molecule has 0 saturated heterocycles. The van der Waals surface area contributed by atoms with Crippen molar-refractivity contribution >= 4 is 23.2 Å². The van der Waals surface area contributed by atoms with Crippen LogP contribution in [-0.2, 0) is 4.74 Å². The number of carbonyl (C=O) groups is 1. The summed E-state index contributed by atoms with van der Waals surface area (Å²) in [4.78, 5) is 16.1. The van der Waals surface area contributed by atoms with E-state index in [0.717, 1.165) is 11.1 Å². The molecule has 4 nitrogen and oxygen atoms in total. The number of hydrogen-bond acceptors (Lipinski definition) is 3. The molecular weight excluding hydrogens is 288 g/mol. The van der Waals surface area contributed by atoms with Crippen molar-refractivity contribution in [1.29, 1.82) is 0 Å². The molecule has 0 bridgehead atoms. The van der Waals surface area contributed by atoms with Gasteiger partial charge in [-0.05, 0) is 42.3 Å². The van der Waals surface area contributed by atoms with Crippen LogP contribution in [0.5, 0.6) is 0 Å². The number of fused-ring (bicyclic) bond motifs is 1. The second-order valence-electron chi connectivity index (χ2n) is 4.52. The average molecular weight is 301 g/mol. The predicted molar refractivity (Wildman–Crippen MR) is 81.6 cm³/mol. The van der Waals surface area contributed by atoms with E-state index in [0.29, 0.717) is 23.0 Å². The lowest BCUT2D eigenvalue weighted by Gasteiger charge is -2.05. The minimum absolute atomic E-state index is 0.336. The topological polar surface area (TPSA) is 43.6 Å². The van der Waals surface area contributed by atoms with Gasteiger partial charge in [0.2, 0.25) is 0 Å². The first kappa shape index (κ1) is 13.6. The summed E-state index contributed by atoms with van der Waals surface area (Å²) in [6.45, 7) is 2.11. The second kappa shape index (κ2) is 5.58. The van der Waals surface area contributed by atoms with Crippen LogP contribution in [0.15, 0.2) is 48.8 Å². The minimum Gasteiger partial charge on any atom is -0.461 e. The summed E-state index contributed by atoms with van der Waals surface area (Å²) >= 11 is 5.90. The average Bonchev–Trinajstić information content (AvgIpc) is 2.91. The number of halogens is 1. The third-order valence-corrected chi connectivity index (χ3v) is 3.42. The van der Waals surface area contributed by atoms with Gasteiger partial charge < -0.3 is 4.74 Å². The fourth-order valence-electron chi connectivity index (χ4n) is 2.15. The number of nitrogens with zero attached hydrogens (tertiary/aromatic N) is 2. The van der Waals surface area contributed by atoms with Crippen molar-refractivity contribution in [3.63, 3.8) is 0 Å². The Balaban J connectivity index is 2.08. The third-order valence-electron chi connectivity index (χ3n) is 3.17. The van der Waals surface area contributed by atoms with Crippen LogP contribution in [0, 0.1) is 0 Å². The third kappa shape index (κ3) is 2.62. The van der Waals surface area contributed by atoms with Crippen LogP contribution >= 0.6 is 11.6 Å². The van der Waals surface area contributed by atoms with E-state index >= 15 is 0 Å². The highest BCUT2D eigenvalue weighted by molar-refractivity contribution is 6.30. The molecule has 3 aromatic rings. The number of ether oxygens (including phenoxy) is 1. The first-order valence-corrected chi connectivity index (χ1v) is 6.97. The number of aromatic nitrogens is 2. The summed E-state index contributed by atoms with van der Waals surface area (Å²) in [6.07, 6.45) is 3.40. The molecule has 0 aliphatic carbocycles. The molecule has 106 valence electrons. The van der Waals surface area contributed by atoms with Crippen molar-refractivity contribution in [3.8, 4) is 11.1 Å². The monoisotopic (exact) mass is 300 g/mol. The summed E-state index contributed by atoms with van der Waals surface area (Å²) in [7, 11) is 0. The molecule has 0 aliphatic rings. The molecule has 2 heterocycles. The molecule has 0 N–H and O–H groups in total. The Bertz CT molecular complexity index is 794. The fourth-order valence-corrected chi connectivity index (χ4v) is 2.28. The van der Waals surface area contributed by atoms with E-state index in [-0.39, 0.29) is 5.97 Å². The van der Waals surface area contributed by atoms with Gasteiger partial charge in [0.15, 0.2) is 5.69 Å². The number of imidazole rings is 1. The number of rotatable bonds is 3. The molecule has 5 heteroatoms. The molecular formula is C16H13ClN2O2. The van der Waals surface area contributed by atoms with Gasteiger partial charge in [0.25, 0.3) is 0 Å². The first-order valence-electron chi connectivity index (χ1n) is 6.59. The van der Waals surface area contributed by atoms with E-state index in [2.05, 4.69) is 4.98 Å². The molecule has 21 heavy (non-hydrogen) atoms. The zero-order chi connectivity index (χ0) is 14.8. The molecule has 3 rings (SSSR count). The number of hydrogen-bond donors (Lipinski definition) is 0. The van der Waals surface area contributed by atoms with Crippen LogP contribution < -0.4 is 0 Å². The van der Waals surface area contributed by atoms with Gasteiger partial charge in [-0.15, -0.1) is 0 Å². The van der Waals surface area contributed by atoms with Crippen LogP contribution in [-0.4, -0.2) is 22.0 Å². The summed E-state index contributed by atoms with van der Waals surface area (Å²) in [5.74, 6) is -0.377. The molecule has 0 amide bonds. The number of carbonyl (C=O) groups excluding carboxylic acids is 1. The van der Waals surface area contributed by atoms with Crippen molar-refractivity contribution < 1.29 is 9.53 Å². The van der Waals surface area contributed by atoms with E-state index in [1.807, 2.05) is 42.6 Å². The van der Waals surface area contributed by atoms with Crippen molar-refractivity contribution in [2.24, 2.45) is 0 Å². The van der Waals surface area contributed by atoms with Crippen LogP contribution in [0.25, 0.3) is 16.8 Å². The van der Waals surface area contributed by atoms with E-state index in [1.165, 1.54) is 6.20 Å². The van der Waals surface area contributed by atoms with Gasteiger partial charge in [-0.3, -0.25) is 4.40 Å². The first-order chi connectivity index (χ1) is 10.2. The Labute approximate surface area is 126 Å². The Hall–Kier alpha value is -2.33. The predicted octanol–water partition coefficient (Wildman–Crippen LogP) is 3.83. The van der Waals surface area contributed by atoms with Crippen LogP contribution in [0.1, 0.15) is 17.4 Å².